The maximum absolute atomic E-state index is 3.75. The zero-order valence-corrected chi connectivity index (χ0v) is 14.3. The number of rotatable bonds is 7. The van der Waals surface area contributed by atoms with Gasteiger partial charge in [-0.2, -0.15) is 0 Å². The summed E-state index contributed by atoms with van der Waals surface area (Å²) in [6.45, 7) is 14.6. The van der Waals surface area contributed by atoms with Gasteiger partial charge in [-0.25, -0.2) is 0 Å². The Kier molecular flexibility index (Phi) is 6.26. The Bertz CT molecular complexity index is 394. The zero-order valence-electron chi connectivity index (χ0n) is 14.3. The first-order valence-electron chi connectivity index (χ1n) is 8.15. The van der Waals surface area contributed by atoms with Crippen molar-refractivity contribution < 1.29 is 0 Å². The summed E-state index contributed by atoms with van der Waals surface area (Å²) in [5.41, 5.74) is 3.34. The molecule has 0 radical (unpaired) electrons. The van der Waals surface area contributed by atoms with Crippen LogP contribution in [0.15, 0.2) is 24.3 Å². The molecule has 0 saturated heterocycles. The number of nitrogens with one attached hydrogen (secondary N) is 1. The quantitative estimate of drug-likeness (QED) is 0.719. The summed E-state index contributed by atoms with van der Waals surface area (Å²) in [5, 5.41) is 3.75. The second-order valence-corrected chi connectivity index (χ2v) is 7.25. The summed E-state index contributed by atoms with van der Waals surface area (Å²) in [6.07, 6.45) is 4.99. The monoisotopic (exact) mass is 275 g/mol. The number of benzene rings is 1. The fourth-order valence-electron chi connectivity index (χ4n) is 3.06. The van der Waals surface area contributed by atoms with Gasteiger partial charge in [0.25, 0.3) is 0 Å². The van der Waals surface area contributed by atoms with Crippen molar-refractivity contribution in [3.8, 4) is 0 Å². The van der Waals surface area contributed by atoms with Gasteiger partial charge in [-0.1, -0.05) is 56.5 Å². The normalized spacial score (nSPS) is 12.7. The van der Waals surface area contributed by atoms with Crippen molar-refractivity contribution in [3.05, 3.63) is 35.4 Å². The van der Waals surface area contributed by atoms with Crippen molar-refractivity contribution in [2.45, 2.75) is 78.2 Å². The predicted octanol–water partition coefficient (Wildman–Crippen LogP) is 5.22. The summed E-state index contributed by atoms with van der Waals surface area (Å²) >= 11 is 0. The molecule has 1 nitrogen and oxygen atoms in total. The molecular formula is C19H33N. The van der Waals surface area contributed by atoms with Crippen LogP contribution in [0.3, 0.4) is 0 Å². The molecule has 1 heteroatoms. The average molecular weight is 275 g/mol. The Labute approximate surface area is 126 Å². The molecule has 0 bridgehead atoms. The number of aryl methyl sites for hydroxylation is 1. The van der Waals surface area contributed by atoms with Gasteiger partial charge in [-0.05, 0) is 46.1 Å². The van der Waals surface area contributed by atoms with E-state index in [0.717, 1.165) is 6.54 Å². The second-order valence-electron chi connectivity index (χ2n) is 7.25. The first-order chi connectivity index (χ1) is 9.33. The summed E-state index contributed by atoms with van der Waals surface area (Å²) in [5.74, 6) is 0. The lowest BCUT2D eigenvalue weighted by Gasteiger charge is -2.37. The van der Waals surface area contributed by atoms with E-state index < -0.39 is 0 Å². The molecule has 1 aromatic rings. The Morgan fingerprint density at radius 1 is 1.00 bits per heavy atom. The average Bonchev–Trinajstić information content (AvgIpc) is 2.35. The van der Waals surface area contributed by atoms with E-state index in [9.17, 15) is 0 Å². The SMILES string of the molecule is CCCC(CCC)(CNC(C)(C)C)c1cccc(C)c1. The third-order valence-electron chi connectivity index (χ3n) is 4.04. The van der Waals surface area contributed by atoms with E-state index in [1.807, 2.05) is 0 Å². The molecule has 1 N–H and O–H groups in total. The Balaban J connectivity index is 3.09. The number of hydrogen-bond donors (Lipinski definition) is 1. The van der Waals surface area contributed by atoms with E-state index in [1.165, 1.54) is 36.8 Å². The molecular weight excluding hydrogens is 242 g/mol. The van der Waals surface area contributed by atoms with Gasteiger partial charge in [-0.15, -0.1) is 0 Å². The summed E-state index contributed by atoms with van der Waals surface area (Å²) in [7, 11) is 0. The van der Waals surface area contributed by atoms with Crippen LogP contribution in [-0.4, -0.2) is 12.1 Å². The van der Waals surface area contributed by atoms with Crippen molar-refractivity contribution in [3.63, 3.8) is 0 Å². The molecule has 0 saturated carbocycles. The van der Waals surface area contributed by atoms with Gasteiger partial charge in [0.05, 0.1) is 0 Å². The zero-order chi connectivity index (χ0) is 15.2. The Hall–Kier alpha value is -0.820. The van der Waals surface area contributed by atoms with E-state index in [-0.39, 0.29) is 11.0 Å². The lowest BCUT2D eigenvalue weighted by atomic mass is 9.72. The Morgan fingerprint density at radius 3 is 2.05 bits per heavy atom. The highest BCUT2D eigenvalue weighted by Gasteiger charge is 2.31. The highest BCUT2D eigenvalue weighted by Crippen LogP contribution is 2.34. The first kappa shape index (κ1) is 17.2. The minimum Gasteiger partial charge on any atom is -0.311 e. The molecule has 0 atom stereocenters. The molecule has 0 aliphatic heterocycles. The van der Waals surface area contributed by atoms with Crippen molar-refractivity contribution in [1.82, 2.24) is 5.32 Å². The van der Waals surface area contributed by atoms with Crippen LogP contribution in [0.25, 0.3) is 0 Å². The predicted molar refractivity (Wildman–Crippen MR) is 90.4 cm³/mol. The lowest BCUT2D eigenvalue weighted by Crippen LogP contribution is -2.46. The van der Waals surface area contributed by atoms with Crippen molar-refractivity contribution in [2.24, 2.45) is 0 Å². The third kappa shape index (κ3) is 4.94. The lowest BCUT2D eigenvalue weighted by molar-refractivity contribution is 0.292. The topological polar surface area (TPSA) is 12.0 Å². The van der Waals surface area contributed by atoms with Crippen LogP contribution in [0.5, 0.6) is 0 Å². The fourth-order valence-corrected chi connectivity index (χ4v) is 3.06. The smallest absolute Gasteiger partial charge is 0.00968 e. The van der Waals surface area contributed by atoms with E-state index >= 15 is 0 Å². The minimum absolute atomic E-state index is 0.177. The van der Waals surface area contributed by atoms with Crippen LogP contribution >= 0.6 is 0 Å². The molecule has 114 valence electrons. The molecule has 0 aliphatic carbocycles. The van der Waals surface area contributed by atoms with Crippen LogP contribution in [-0.2, 0) is 5.41 Å². The largest absolute Gasteiger partial charge is 0.311 e. The molecule has 0 aliphatic rings. The van der Waals surface area contributed by atoms with E-state index in [4.69, 9.17) is 0 Å². The van der Waals surface area contributed by atoms with Crippen LogP contribution in [0.2, 0.25) is 0 Å². The van der Waals surface area contributed by atoms with Gasteiger partial charge in [-0.3, -0.25) is 0 Å². The minimum atomic E-state index is 0.177. The van der Waals surface area contributed by atoms with E-state index in [1.54, 1.807) is 0 Å². The molecule has 0 aromatic heterocycles. The fraction of sp³-hybridized carbons (Fsp3) is 0.684. The van der Waals surface area contributed by atoms with E-state index in [2.05, 4.69) is 71.1 Å². The highest BCUT2D eigenvalue weighted by atomic mass is 15.0. The maximum Gasteiger partial charge on any atom is 0.00968 e. The third-order valence-corrected chi connectivity index (χ3v) is 4.04. The van der Waals surface area contributed by atoms with Crippen LogP contribution in [0.1, 0.15) is 71.4 Å². The van der Waals surface area contributed by atoms with Crippen molar-refractivity contribution >= 4 is 0 Å². The molecule has 0 spiro atoms. The molecule has 1 rings (SSSR count). The first-order valence-corrected chi connectivity index (χ1v) is 8.15. The standard InChI is InChI=1S/C19H33N/c1-7-12-19(13-8-2,15-20-18(4,5)6)17-11-9-10-16(3)14-17/h9-11,14,20H,7-8,12-13,15H2,1-6H3. The van der Waals surface area contributed by atoms with Gasteiger partial charge < -0.3 is 5.32 Å². The molecule has 1 aromatic carbocycles. The van der Waals surface area contributed by atoms with Crippen LogP contribution in [0.4, 0.5) is 0 Å². The maximum atomic E-state index is 3.75. The van der Waals surface area contributed by atoms with Gasteiger partial charge in [0, 0.05) is 17.5 Å². The summed E-state index contributed by atoms with van der Waals surface area (Å²) in [4.78, 5) is 0. The van der Waals surface area contributed by atoms with Crippen LogP contribution in [0, 0.1) is 6.92 Å². The van der Waals surface area contributed by atoms with Gasteiger partial charge in [0.2, 0.25) is 0 Å². The Morgan fingerprint density at radius 2 is 1.60 bits per heavy atom. The summed E-state index contributed by atoms with van der Waals surface area (Å²) < 4.78 is 0. The molecule has 0 heterocycles. The molecule has 0 fully saturated rings. The highest BCUT2D eigenvalue weighted by molar-refractivity contribution is 5.30. The van der Waals surface area contributed by atoms with E-state index in [0.29, 0.717) is 0 Å². The number of hydrogen-bond acceptors (Lipinski definition) is 1. The summed E-state index contributed by atoms with van der Waals surface area (Å²) in [6, 6.07) is 9.11. The van der Waals surface area contributed by atoms with Gasteiger partial charge in [0.1, 0.15) is 0 Å². The van der Waals surface area contributed by atoms with Crippen molar-refractivity contribution in [2.75, 3.05) is 6.54 Å². The molecule has 20 heavy (non-hydrogen) atoms. The van der Waals surface area contributed by atoms with Gasteiger partial charge >= 0.3 is 0 Å². The van der Waals surface area contributed by atoms with Crippen molar-refractivity contribution in [1.29, 1.82) is 0 Å². The van der Waals surface area contributed by atoms with Crippen LogP contribution < -0.4 is 5.32 Å². The second kappa shape index (κ2) is 7.26. The molecule has 0 unspecified atom stereocenters. The van der Waals surface area contributed by atoms with Gasteiger partial charge in [0.15, 0.2) is 0 Å². The molecule has 0 amide bonds.